The fourth-order valence-electron chi connectivity index (χ4n) is 2.84. The third-order valence-electron chi connectivity index (χ3n) is 3.83. The highest BCUT2D eigenvalue weighted by Crippen LogP contribution is 2.40. The highest BCUT2D eigenvalue weighted by atomic mass is 35.5. The van der Waals surface area contributed by atoms with E-state index in [2.05, 4.69) is 4.98 Å². The Labute approximate surface area is 134 Å². The molecular formula is C15H17ClN2O4. The SMILES string of the molecule is COc1cc2c(cc1OC)-c1c(C(=O)O)nc(C)n1CC2.Cl. The van der Waals surface area contributed by atoms with Gasteiger partial charge in [0.05, 0.1) is 19.9 Å². The second kappa shape index (κ2) is 5.88. The zero-order chi connectivity index (χ0) is 15.1. The summed E-state index contributed by atoms with van der Waals surface area (Å²) in [5.74, 6) is 0.926. The minimum Gasteiger partial charge on any atom is -0.493 e. The van der Waals surface area contributed by atoms with Gasteiger partial charge in [0.1, 0.15) is 5.82 Å². The molecule has 0 radical (unpaired) electrons. The minimum atomic E-state index is -1.02. The molecule has 6 nitrogen and oxygen atoms in total. The van der Waals surface area contributed by atoms with E-state index in [1.807, 2.05) is 23.6 Å². The second-order valence-electron chi connectivity index (χ2n) is 4.93. The number of halogens is 1. The molecule has 1 N–H and O–H groups in total. The Kier molecular flexibility index (Phi) is 4.32. The predicted molar refractivity (Wildman–Crippen MR) is 83.4 cm³/mol. The summed E-state index contributed by atoms with van der Waals surface area (Å²) in [6.07, 6.45) is 0.805. The molecule has 0 aliphatic carbocycles. The van der Waals surface area contributed by atoms with Gasteiger partial charge < -0.3 is 19.1 Å². The summed E-state index contributed by atoms with van der Waals surface area (Å²) in [6.45, 7) is 2.53. The molecule has 1 aromatic carbocycles. The van der Waals surface area contributed by atoms with Crippen LogP contribution in [0.15, 0.2) is 12.1 Å². The normalized spacial score (nSPS) is 12.0. The van der Waals surface area contributed by atoms with Gasteiger partial charge in [-0.25, -0.2) is 9.78 Å². The van der Waals surface area contributed by atoms with Crippen molar-refractivity contribution in [3.63, 3.8) is 0 Å². The Morgan fingerprint density at radius 3 is 2.50 bits per heavy atom. The Bertz CT molecular complexity index is 740. The number of nitrogens with zero attached hydrogens (tertiary/aromatic N) is 2. The van der Waals surface area contributed by atoms with Gasteiger partial charge in [0, 0.05) is 12.1 Å². The lowest BCUT2D eigenvalue weighted by Gasteiger charge is -2.22. The van der Waals surface area contributed by atoms with E-state index in [0.29, 0.717) is 29.6 Å². The molecule has 118 valence electrons. The van der Waals surface area contributed by atoms with Crippen molar-refractivity contribution in [1.82, 2.24) is 9.55 Å². The van der Waals surface area contributed by atoms with Crippen molar-refractivity contribution in [1.29, 1.82) is 0 Å². The smallest absolute Gasteiger partial charge is 0.356 e. The number of aromatic nitrogens is 2. The molecule has 2 heterocycles. The fourth-order valence-corrected chi connectivity index (χ4v) is 2.84. The quantitative estimate of drug-likeness (QED) is 0.939. The van der Waals surface area contributed by atoms with Crippen LogP contribution >= 0.6 is 12.4 Å². The molecule has 1 aromatic heterocycles. The van der Waals surface area contributed by atoms with Crippen LogP contribution in [-0.4, -0.2) is 34.8 Å². The number of rotatable bonds is 3. The van der Waals surface area contributed by atoms with Crippen molar-refractivity contribution in [3.8, 4) is 22.8 Å². The summed E-state index contributed by atoms with van der Waals surface area (Å²) in [6, 6.07) is 3.73. The molecule has 1 aliphatic heterocycles. The second-order valence-corrected chi connectivity index (χ2v) is 4.93. The van der Waals surface area contributed by atoms with Crippen LogP contribution in [0.1, 0.15) is 21.9 Å². The predicted octanol–water partition coefficient (Wildman–Crippen LogP) is 2.55. The van der Waals surface area contributed by atoms with E-state index in [0.717, 1.165) is 17.5 Å². The number of methoxy groups -OCH3 is 2. The Morgan fingerprint density at radius 2 is 1.91 bits per heavy atom. The molecule has 0 saturated heterocycles. The third kappa shape index (κ3) is 2.29. The number of carbonyl (C=O) groups is 1. The molecular weight excluding hydrogens is 308 g/mol. The molecule has 0 spiro atoms. The van der Waals surface area contributed by atoms with E-state index in [4.69, 9.17) is 9.47 Å². The molecule has 2 aromatic rings. The summed E-state index contributed by atoms with van der Waals surface area (Å²) in [7, 11) is 3.15. The van der Waals surface area contributed by atoms with Crippen LogP contribution in [0.25, 0.3) is 11.3 Å². The monoisotopic (exact) mass is 324 g/mol. The molecule has 0 saturated carbocycles. The van der Waals surface area contributed by atoms with Crippen molar-refractivity contribution < 1.29 is 19.4 Å². The van der Waals surface area contributed by atoms with Crippen LogP contribution in [-0.2, 0) is 13.0 Å². The Hall–Kier alpha value is -2.21. The van der Waals surface area contributed by atoms with Crippen molar-refractivity contribution in [2.24, 2.45) is 0 Å². The highest BCUT2D eigenvalue weighted by molar-refractivity contribution is 5.94. The van der Waals surface area contributed by atoms with Gasteiger partial charge in [-0.3, -0.25) is 0 Å². The number of carboxylic acids is 1. The first-order chi connectivity index (χ1) is 10.1. The van der Waals surface area contributed by atoms with E-state index in [1.165, 1.54) is 0 Å². The van der Waals surface area contributed by atoms with Gasteiger partial charge in [0.2, 0.25) is 0 Å². The number of hydrogen-bond donors (Lipinski definition) is 1. The fraction of sp³-hybridized carbons (Fsp3) is 0.333. The van der Waals surface area contributed by atoms with Crippen molar-refractivity contribution >= 4 is 18.4 Å². The van der Waals surface area contributed by atoms with Crippen molar-refractivity contribution in [2.45, 2.75) is 19.9 Å². The zero-order valence-electron chi connectivity index (χ0n) is 12.5. The van der Waals surface area contributed by atoms with Gasteiger partial charge >= 0.3 is 5.97 Å². The van der Waals surface area contributed by atoms with Crippen LogP contribution in [0.4, 0.5) is 0 Å². The maximum Gasteiger partial charge on any atom is 0.356 e. The average molecular weight is 325 g/mol. The van der Waals surface area contributed by atoms with Crippen LogP contribution in [0.3, 0.4) is 0 Å². The molecule has 1 aliphatic rings. The number of carboxylic acid groups (broad SMARTS) is 1. The summed E-state index contributed by atoms with van der Waals surface area (Å²) < 4.78 is 12.6. The van der Waals surface area contributed by atoms with Crippen molar-refractivity contribution in [3.05, 3.63) is 29.2 Å². The first-order valence-electron chi connectivity index (χ1n) is 6.62. The van der Waals surface area contributed by atoms with Gasteiger partial charge in [0.15, 0.2) is 17.2 Å². The number of ether oxygens (including phenoxy) is 2. The Morgan fingerprint density at radius 1 is 1.27 bits per heavy atom. The highest BCUT2D eigenvalue weighted by Gasteiger charge is 2.27. The molecule has 0 fully saturated rings. The van der Waals surface area contributed by atoms with E-state index in [1.54, 1.807) is 14.2 Å². The van der Waals surface area contributed by atoms with Gasteiger partial charge in [-0.15, -0.1) is 12.4 Å². The summed E-state index contributed by atoms with van der Waals surface area (Å²) in [4.78, 5) is 15.6. The maximum absolute atomic E-state index is 11.4. The molecule has 22 heavy (non-hydrogen) atoms. The number of fused-ring (bicyclic) bond motifs is 3. The zero-order valence-corrected chi connectivity index (χ0v) is 13.4. The largest absolute Gasteiger partial charge is 0.493 e. The molecule has 0 amide bonds. The van der Waals surface area contributed by atoms with Gasteiger partial charge in [-0.2, -0.15) is 0 Å². The maximum atomic E-state index is 11.4. The van der Waals surface area contributed by atoms with E-state index in [-0.39, 0.29) is 18.1 Å². The average Bonchev–Trinajstić information content (AvgIpc) is 2.83. The number of aryl methyl sites for hydroxylation is 2. The molecule has 7 heteroatoms. The van der Waals surface area contributed by atoms with Crippen LogP contribution in [0.5, 0.6) is 11.5 Å². The van der Waals surface area contributed by atoms with E-state index >= 15 is 0 Å². The van der Waals surface area contributed by atoms with Crippen LogP contribution < -0.4 is 9.47 Å². The lowest BCUT2D eigenvalue weighted by atomic mass is 9.96. The molecule has 0 bridgehead atoms. The van der Waals surface area contributed by atoms with Crippen LogP contribution in [0, 0.1) is 6.92 Å². The topological polar surface area (TPSA) is 73.6 Å². The van der Waals surface area contributed by atoms with Gasteiger partial charge in [0.25, 0.3) is 0 Å². The number of imidazole rings is 1. The summed E-state index contributed by atoms with van der Waals surface area (Å²) >= 11 is 0. The molecule has 3 rings (SSSR count). The summed E-state index contributed by atoms with van der Waals surface area (Å²) in [5, 5.41) is 9.38. The lowest BCUT2D eigenvalue weighted by Crippen LogP contribution is -2.14. The van der Waals surface area contributed by atoms with Crippen molar-refractivity contribution in [2.75, 3.05) is 14.2 Å². The lowest BCUT2D eigenvalue weighted by molar-refractivity contribution is 0.0691. The summed E-state index contributed by atoms with van der Waals surface area (Å²) in [5.41, 5.74) is 2.61. The number of aromatic carboxylic acids is 1. The number of hydrogen-bond acceptors (Lipinski definition) is 4. The standard InChI is InChI=1S/C15H16N2O4.ClH/c1-8-16-13(15(18)19)14-10-7-12(21-3)11(20-2)6-9(10)4-5-17(8)14;/h6-7H,4-5H2,1-3H3,(H,18,19);1H. The molecule has 0 unspecified atom stereocenters. The van der Waals surface area contributed by atoms with E-state index < -0.39 is 5.97 Å². The van der Waals surface area contributed by atoms with Gasteiger partial charge in [-0.1, -0.05) is 0 Å². The minimum absolute atomic E-state index is 0. The molecule has 0 atom stereocenters. The first-order valence-corrected chi connectivity index (χ1v) is 6.62. The van der Waals surface area contributed by atoms with Crippen LogP contribution in [0.2, 0.25) is 0 Å². The number of benzene rings is 1. The van der Waals surface area contributed by atoms with Gasteiger partial charge in [-0.05, 0) is 31.0 Å². The third-order valence-corrected chi connectivity index (χ3v) is 3.83. The first kappa shape index (κ1) is 16.2. The van der Waals surface area contributed by atoms with E-state index in [9.17, 15) is 9.90 Å². The Balaban J connectivity index is 0.00000176.